The van der Waals surface area contributed by atoms with E-state index >= 15 is 0 Å². The lowest BCUT2D eigenvalue weighted by Crippen LogP contribution is -2.47. The van der Waals surface area contributed by atoms with Crippen LogP contribution in [0.25, 0.3) is 0 Å². The molecule has 0 radical (unpaired) electrons. The standard InChI is InChI=1S/C14H22N2O3S/c1-3-15-13-7-5-6-8-14(13)20(17,18)16-11-9-12(10-11)19-4-2/h5-8,11-12,15-16H,3-4,9-10H2,1-2H3. The van der Waals surface area contributed by atoms with E-state index in [2.05, 4.69) is 10.0 Å². The number of sulfonamides is 1. The summed E-state index contributed by atoms with van der Waals surface area (Å²) in [7, 11) is -3.48. The van der Waals surface area contributed by atoms with Crippen molar-refractivity contribution in [2.24, 2.45) is 0 Å². The first-order valence-electron chi connectivity index (χ1n) is 7.03. The summed E-state index contributed by atoms with van der Waals surface area (Å²) in [6.45, 7) is 5.25. The number of nitrogens with one attached hydrogen (secondary N) is 2. The van der Waals surface area contributed by atoms with Gasteiger partial charge >= 0.3 is 0 Å². The molecule has 20 heavy (non-hydrogen) atoms. The Morgan fingerprint density at radius 3 is 2.60 bits per heavy atom. The Hall–Kier alpha value is -1.11. The molecule has 1 aliphatic carbocycles. The fourth-order valence-electron chi connectivity index (χ4n) is 2.35. The predicted octanol–water partition coefficient (Wildman–Crippen LogP) is 1.96. The minimum absolute atomic E-state index is 0.0220. The van der Waals surface area contributed by atoms with Gasteiger partial charge in [-0.1, -0.05) is 12.1 Å². The third-order valence-electron chi connectivity index (χ3n) is 3.36. The van der Waals surface area contributed by atoms with E-state index in [1.165, 1.54) is 0 Å². The fraction of sp³-hybridized carbons (Fsp3) is 0.571. The van der Waals surface area contributed by atoms with Gasteiger partial charge in [0.25, 0.3) is 0 Å². The molecule has 0 bridgehead atoms. The third-order valence-corrected chi connectivity index (χ3v) is 4.94. The maximum Gasteiger partial charge on any atom is 0.242 e. The van der Waals surface area contributed by atoms with Gasteiger partial charge in [-0.2, -0.15) is 0 Å². The molecule has 1 aromatic rings. The lowest BCUT2D eigenvalue weighted by molar-refractivity contribution is -0.00475. The molecule has 2 N–H and O–H groups in total. The Labute approximate surface area is 120 Å². The number of para-hydroxylation sites is 1. The van der Waals surface area contributed by atoms with E-state index in [1.54, 1.807) is 18.2 Å². The minimum Gasteiger partial charge on any atom is -0.384 e. The van der Waals surface area contributed by atoms with Gasteiger partial charge in [0.05, 0.1) is 11.8 Å². The van der Waals surface area contributed by atoms with Crippen LogP contribution in [0.1, 0.15) is 26.7 Å². The average molecular weight is 298 g/mol. The molecule has 0 unspecified atom stereocenters. The van der Waals surface area contributed by atoms with Crippen LogP contribution in [0.5, 0.6) is 0 Å². The lowest BCUT2D eigenvalue weighted by atomic mass is 9.90. The van der Waals surface area contributed by atoms with Gasteiger partial charge in [0.15, 0.2) is 0 Å². The number of hydrogen-bond donors (Lipinski definition) is 2. The predicted molar refractivity (Wildman–Crippen MR) is 79.4 cm³/mol. The van der Waals surface area contributed by atoms with Crippen LogP contribution in [0.15, 0.2) is 29.2 Å². The second kappa shape index (κ2) is 6.56. The summed E-state index contributed by atoms with van der Waals surface area (Å²) in [4.78, 5) is 0.307. The van der Waals surface area contributed by atoms with Crippen LogP contribution in [0.2, 0.25) is 0 Å². The molecule has 5 nitrogen and oxygen atoms in total. The van der Waals surface area contributed by atoms with Crippen molar-refractivity contribution < 1.29 is 13.2 Å². The summed E-state index contributed by atoms with van der Waals surface area (Å²) in [5, 5.41) is 3.08. The molecule has 0 saturated heterocycles. The lowest BCUT2D eigenvalue weighted by Gasteiger charge is -2.35. The molecule has 1 saturated carbocycles. The van der Waals surface area contributed by atoms with Crippen molar-refractivity contribution >= 4 is 15.7 Å². The molecule has 0 amide bonds. The van der Waals surface area contributed by atoms with Gasteiger partial charge in [-0.15, -0.1) is 0 Å². The Balaban J connectivity index is 2.04. The molecule has 1 aromatic carbocycles. The molecular weight excluding hydrogens is 276 g/mol. The van der Waals surface area contributed by atoms with Crippen molar-refractivity contribution in [3.8, 4) is 0 Å². The third kappa shape index (κ3) is 3.50. The fourth-order valence-corrected chi connectivity index (χ4v) is 3.80. The van der Waals surface area contributed by atoms with Crippen LogP contribution in [-0.2, 0) is 14.8 Å². The van der Waals surface area contributed by atoms with Crippen molar-refractivity contribution in [2.75, 3.05) is 18.5 Å². The molecule has 112 valence electrons. The van der Waals surface area contributed by atoms with Crippen molar-refractivity contribution in [1.29, 1.82) is 0 Å². The monoisotopic (exact) mass is 298 g/mol. The van der Waals surface area contributed by atoms with E-state index in [0.717, 1.165) is 12.8 Å². The molecule has 0 aromatic heterocycles. The summed E-state index contributed by atoms with van der Waals surface area (Å²) in [6, 6.07) is 6.94. The molecule has 1 fully saturated rings. The average Bonchev–Trinajstić information content (AvgIpc) is 2.37. The molecule has 1 aliphatic rings. The first-order chi connectivity index (χ1) is 9.56. The summed E-state index contributed by atoms with van der Waals surface area (Å²) in [5.41, 5.74) is 0.642. The number of rotatable bonds is 7. The molecule has 0 aliphatic heterocycles. The van der Waals surface area contributed by atoms with Crippen molar-refractivity contribution in [1.82, 2.24) is 4.72 Å². The SMILES string of the molecule is CCNc1ccccc1S(=O)(=O)NC1CC(OCC)C1. The summed E-state index contributed by atoms with van der Waals surface area (Å²) >= 11 is 0. The van der Waals surface area contributed by atoms with E-state index in [1.807, 2.05) is 19.9 Å². The quantitative estimate of drug-likeness (QED) is 0.807. The van der Waals surface area contributed by atoms with Crippen molar-refractivity contribution in [3.63, 3.8) is 0 Å². The largest absolute Gasteiger partial charge is 0.384 e. The van der Waals surface area contributed by atoms with E-state index in [4.69, 9.17) is 4.74 Å². The first kappa shape index (κ1) is 15.3. The second-order valence-corrected chi connectivity index (χ2v) is 6.58. The first-order valence-corrected chi connectivity index (χ1v) is 8.52. The molecule has 0 atom stereocenters. The van der Waals surface area contributed by atoms with Gasteiger partial charge in [-0.25, -0.2) is 13.1 Å². The topological polar surface area (TPSA) is 67.4 Å². The van der Waals surface area contributed by atoms with Crippen LogP contribution in [0, 0.1) is 0 Å². The highest BCUT2D eigenvalue weighted by molar-refractivity contribution is 7.89. The van der Waals surface area contributed by atoms with Gasteiger partial charge in [0, 0.05) is 19.2 Å². The van der Waals surface area contributed by atoms with E-state index in [0.29, 0.717) is 23.7 Å². The van der Waals surface area contributed by atoms with Gasteiger partial charge in [-0.05, 0) is 38.8 Å². The number of benzene rings is 1. The summed E-state index contributed by atoms with van der Waals surface area (Å²) < 4.78 is 33.0. The molecule has 6 heteroatoms. The highest BCUT2D eigenvalue weighted by atomic mass is 32.2. The summed E-state index contributed by atoms with van der Waals surface area (Å²) in [5.74, 6) is 0. The Morgan fingerprint density at radius 1 is 1.25 bits per heavy atom. The van der Waals surface area contributed by atoms with Crippen LogP contribution < -0.4 is 10.0 Å². The molecule has 2 rings (SSSR count). The van der Waals surface area contributed by atoms with Crippen LogP contribution in [-0.4, -0.2) is 33.7 Å². The zero-order valence-electron chi connectivity index (χ0n) is 11.9. The minimum atomic E-state index is -3.48. The zero-order valence-corrected chi connectivity index (χ0v) is 12.7. The van der Waals surface area contributed by atoms with Crippen molar-refractivity contribution in [2.45, 2.75) is 43.7 Å². The number of hydrogen-bond acceptors (Lipinski definition) is 4. The number of anilines is 1. The maximum atomic E-state index is 12.4. The maximum absolute atomic E-state index is 12.4. The highest BCUT2D eigenvalue weighted by Gasteiger charge is 2.33. The van der Waals surface area contributed by atoms with Crippen molar-refractivity contribution in [3.05, 3.63) is 24.3 Å². The Kier molecular flexibility index (Phi) is 5.01. The molecular formula is C14H22N2O3S. The van der Waals surface area contributed by atoms with Crippen LogP contribution >= 0.6 is 0 Å². The normalized spacial score (nSPS) is 22.3. The van der Waals surface area contributed by atoms with E-state index in [-0.39, 0.29) is 12.1 Å². The van der Waals surface area contributed by atoms with Crippen LogP contribution in [0.3, 0.4) is 0 Å². The zero-order chi connectivity index (χ0) is 14.6. The molecule has 0 spiro atoms. The number of ether oxygens (including phenoxy) is 1. The van der Waals surface area contributed by atoms with Crippen LogP contribution in [0.4, 0.5) is 5.69 Å². The summed E-state index contributed by atoms with van der Waals surface area (Å²) in [6.07, 6.45) is 1.68. The highest BCUT2D eigenvalue weighted by Crippen LogP contribution is 2.27. The van der Waals surface area contributed by atoms with E-state index in [9.17, 15) is 8.42 Å². The van der Waals surface area contributed by atoms with Gasteiger partial charge in [-0.3, -0.25) is 0 Å². The Bertz CT molecular complexity index is 539. The molecule has 0 heterocycles. The van der Waals surface area contributed by atoms with Gasteiger partial charge in [0.2, 0.25) is 10.0 Å². The van der Waals surface area contributed by atoms with Gasteiger partial charge < -0.3 is 10.1 Å². The van der Waals surface area contributed by atoms with E-state index < -0.39 is 10.0 Å². The van der Waals surface area contributed by atoms with Gasteiger partial charge in [0.1, 0.15) is 4.90 Å². The smallest absolute Gasteiger partial charge is 0.242 e. The second-order valence-electron chi connectivity index (χ2n) is 4.89. The Morgan fingerprint density at radius 2 is 1.95 bits per heavy atom.